The van der Waals surface area contributed by atoms with Gasteiger partial charge in [0.05, 0.1) is 46.7 Å². The molecule has 0 bridgehead atoms. The number of morpholine rings is 1. The molecule has 4 heterocycles. The number of thiazole rings is 1. The van der Waals surface area contributed by atoms with Crippen LogP contribution in [0.15, 0.2) is 30.5 Å². The summed E-state index contributed by atoms with van der Waals surface area (Å²) in [5.41, 5.74) is 4.50. The van der Waals surface area contributed by atoms with Crippen molar-refractivity contribution in [3.05, 3.63) is 51.9 Å². The minimum atomic E-state index is 0.760. The summed E-state index contributed by atoms with van der Waals surface area (Å²) in [5.74, 6) is 1.08. The molecule has 0 spiro atoms. The number of imidazole rings is 1. The van der Waals surface area contributed by atoms with Gasteiger partial charge in [-0.2, -0.15) is 0 Å². The van der Waals surface area contributed by atoms with E-state index in [0.29, 0.717) is 0 Å². The van der Waals surface area contributed by atoms with Crippen LogP contribution in [0.3, 0.4) is 0 Å². The Morgan fingerprint density at radius 3 is 2.79 bits per heavy atom. The Kier molecular flexibility index (Phi) is 4.86. The topological polar surface area (TPSA) is 46.4 Å². The molecule has 1 fully saturated rings. The van der Waals surface area contributed by atoms with Crippen LogP contribution in [0.4, 0.5) is 0 Å². The lowest BCUT2D eigenvalue weighted by Crippen LogP contribution is -2.39. The molecular weight excluding hydrogens is 438 g/mol. The van der Waals surface area contributed by atoms with Crippen LogP contribution in [0.25, 0.3) is 16.7 Å². The molecule has 6 nitrogen and oxygen atoms in total. The molecular formula is C20H22BrN5OS. The summed E-state index contributed by atoms with van der Waals surface area (Å²) in [6.07, 6.45) is 3.13. The van der Waals surface area contributed by atoms with Crippen LogP contribution in [-0.4, -0.2) is 45.8 Å². The van der Waals surface area contributed by atoms with E-state index in [4.69, 9.17) is 14.7 Å². The average molecular weight is 460 g/mol. The summed E-state index contributed by atoms with van der Waals surface area (Å²) in [5, 5.41) is 4.21. The highest BCUT2D eigenvalue weighted by atomic mass is 79.9. The Morgan fingerprint density at radius 1 is 1.18 bits per heavy atom. The molecule has 2 aromatic heterocycles. The number of benzene rings is 1. The summed E-state index contributed by atoms with van der Waals surface area (Å²) in [6.45, 7) is 6.28. The molecule has 0 amide bonds. The third-order valence-corrected chi connectivity index (χ3v) is 7.15. The van der Waals surface area contributed by atoms with Gasteiger partial charge in [-0.1, -0.05) is 35.0 Å². The van der Waals surface area contributed by atoms with E-state index in [0.717, 1.165) is 72.2 Å². The van der Waals surface area contributed by atoms with E-state index < -0.39 is 0 Å². The zero-order valence-electron chi connectivity index (χ0n) is 15.8. The highest BCUT2D eigenvalue weighted by Crippen LogP contribution is 2.34. The van der Waals surface area contributed by atoms with Crippen LogP contribution in [-0.2, 0) is 23.0 Å². The highest BCUT2D eigenvalue weighted by Gasteiger charge is 2.28. The van der Waals surface area contributed by atoms with Gasteiger partial charge < -0.3 is 9.64 Å². The van der Waals surface area contributed by atoms with Crippen molar-refractivity contribution in [2.24, 2.45) is 0 Å². The van der Waals surface area contributed by atoms with E-state index >= 15 is 0 Å². The SMILES string of the molecule is CCc1nc2ccccc2n1N1C=C(N2CCOCC2)c2nc(CBr)sc2C1. The number of halogens is 1. The quantitative estimate of drug-likeness (QED) is 0.556. The summed E-state index contributed by atoms with van der Waals surface area (Å²) in [6, 6.07) is 8.36. The second-order valence-corrected chi connectivity index (χ2v) is 8.64. The van der Waals surface area contributed by atoms with E-state index in [1.807, 2.05) is 6.07 Å². The van der Waals surface area contributed by atoms with Gasteiger partial charge in [0.15, 0.2) is 0 Å². The number of rotatable bonds is 4. The minimum absolute atomic E-state index is 0.760. The number of aromatic nitrogens is 3. The van der Waals surface area contributed by atoms with E-state index in [-0.39, 0.29) is 0 Å². The lowest BCUT2D eigenvalue weighted by atomic mass is 10.2. The summed E-state index contributed by atoms with van der Waals surface area (Å²) in [4.78, 5) is 13.5. The zero-order chi connectivity index (χ0) is 19.1. The van der Waals surface area contributed by atoms with Gasteiger partial charge in [-0.15, -0.1) is 11.3 Å². The first-order valence-corrected chi connectivity index (χ1v) is 11.5. The van der Waals surface area contributed by atoms with E-state index in [9.17, 15) is 0 Å². The van der Waals surface area contributed by atoms with Crippen molar-refractivity contribution in [2.45, 2.75) is 25.2 Å². The molecule has 8 heteroatoms. The van der Waals surface area contributed by atoms with Gasteiger partial charge in [0, 0.05) is 25.7 Å². The fourth-order valence-corrected chi connectivity index (χ4v) is 5.29. The Hall–Kier alpha value is -1.90. The average Bonchev–Trinajstić information content (AvgIpc) is 3.34. The Labute approximate surface area is 176 Å². The number of ether oxygens (including phenoxy) is 1. The number of hydrogen-bond donors (Lipinski definition) is 0. The number of alkyl halides is 1. The van der Waals surface area contributed by atoms with Crippen LogP contribution < -0.4 is 5.01 Å². The summed E-state index contributed by atoms with van der Waals surface area (Å²) in [7, 11) is 0. The maximum atomic E-state index is 5.58. The van der Waals surface area contributed by atoms with Crippen molar-refractivity contribution in [3.8, 4) is 0 Å². The first kappa shape index (κ1) is 18.1. The molecule has 2 aliphatic rings. The molecule has 28 heavy (non-hydrogen) atoms. The van der Waals surface area contributed by atoms with E-state index in [2.05, 4.69) is 61.8 Å². The second-order valence-electron chi connectivity index (χ2n) is 6.91. The molecule has 0 atom stereocenters. The van der Waals surface area contributed by atoms with Crippen molar-refractivity contribution >= 4 is 44.0 Å². The fourth-order valence-electron chi connectivity index (χ4n) is 3.90. The Morgan fingerprint density at radius 2 is 2.00 bits per heavy atom. The maximum absolute atomic E-state index is 5.58. The lowest BCUT2D eigenvalue weighted by molar-refractivity contribution is 0.0636. The first-order valence-electron chi connectivity index (χ1n) is 9.61. The summed E-state index contributed by atoms with van der Waals surface area (Å²) < 4.78 is 7.85. The van der Waals surface area contributed by atoms with Crippen molar-refractivity contribution in [1.29, 1.82) is 0 Å². The smallest absolute Gasteiger partial charge is 0.129 e. The summed E-state index contributed by atoms with van der Waals surface area (Å²) >= 11 is 5.37. The number of hydrogen-bond acceptors (Lipinski definition) is 6. The van der Waals surface area contributed by atoms with E-state index in [1.54, 1.807) is 11.3 Å². The first-order chi connectivity index (χ1) is 13.8. The van der Waals surface area contributed by atoms with Crippen molar-refractivity contribution in [1.82, 2.24) is 19.5 Å². The molecule has 1 saturated heterocycles. The van der Waals surface area contributed by atoms with Gasteiger partial charge >= 0.3 is 0 Å². The van der Waals surface area contributed by atoms with Gasteiger partial charge in [0.25, 0.3) is 0 Å². The molecule has 0 saturated carbocycles. The van der Waals surface area contributed by atoms with Gasteiger partial charge in [-0.05, 0) is 12.1 Å². The van der Waals surface area contributed by atoms with Gasteiger partial charge in [-0.25, -0.2) is 14.6 Å². The number of nitrogens with zero attached hydrogens (tertiary/aromatic N) is 5. The molecule has 0 unspecified atom stereocenters. The normalized spacial score (nSPS) is 17.1. The molecule has 2 aliphatic heterocycles. The Balaban J connectivity index is 1.64. The molecule has 3 aromatic rings. The fraction of sp³-hybridized carbons (Fsp3) is 0.400. The third kappa shape index (κ3) is 3.03. The second kappa shape index (κ2) is 7.50. The molecule has 0 radical (unpaired) electrons. The zero-order valence-corrected chi connectivity index (χ0v) is 18.2. The number of para-hydroxylation sites is 2. The van der Waals surface area contributed by atoms with Crippen molar-refractivity contribution in [2.75, 3.05) is 31.3 Å². The molecule has 0 N–H and O–H groups in total. The number of aryl methyl sites for hydroxylation is 1. The monoisotopic (exact) mass is 459 g/mol. The van der Waals surface area contributed by atoms with Gasteiger partial charge in [0.2, 0.25) is 0 Å². The Bertz CT molecular complexity index is 1040. The molecule has 1 aromatic carbocycles. The van der Waals surface area contributed by atoms with Gasteiger partial charge in [0.1, 0.15) is 16.5 Å². The molecule has 0 aliphatic carbocycles. The molecule has 5 rings (SSSR count). The highest BCUT2D eigenvalue weighted by molar-refractivity contribution is 9.08. The lowest BCUT2D eigenvalue weighted by Gasteiger charge is -2.35. The van der Waals surface area contributed by atoms with Crippen LogP contribution in [0.1, 0.15) is 28.3 Å². The van der Waals surface area contributed by atoms with E-state index in [1.165, 1.54) is 10.6 Å². The van der Waals surface area contributed by atoms with Crippen LogP contribution in [0.5, 0.6) is 0 Å². The maximum Gasteiger partial charge on any atom is 0.129 e. The van der Waals surface area contributed by atoms with Gasteiger partial charge in [-0.3, -0.25) is 5.01 Å². The van der Waals surface area contributed by atoms with Crippen LogP contribution in [0.2, 0.25) is 0 Å². The predicted molar refractivity (Wildman–Crippen MR) is 116 cm³/mol. The third-order valence-electron chi connectivity index (χ3n) is 5.20. The largest absolute Gasteiger partial charge is 0.378 e. The van der Waals surface area contributed by atoms with Crippen molar-refractivity contribution < 1.29 is 4.74 Å². The standard InChI is InChI=1S/C20H22BrN5OS/c1-2-18-22-14-5-3-4-6-15(14)26(18)25-12-16(24-7-9-27-10-8-24)20-17(13-25)28-19(11-21)23-20/h3-6,12H,2,7-11,13H2,1H3. The van der Waals surface area contributed by atoms with Crippen LogP contribution in [0, 0.1) is 0 Å². The van der Waals surface area contributed by atoms with Crippen molar-refractivity contribution in [3.63, 3.8) is 0 Å². The predicted octanol–water partition coefficient (Wildman–Crippen LogP) is 3.73. The number of fused-ring (bicyclic) bond motifs is 2. The minimum Gasteiger partial charge on any atom is -0.378 e. The molecule has 146 valence electrons. The van der Waals surface area contributed by atoms with Crippen LogP contribution >= 0.6 is 27.3 Å².